The fourth-order valence-corrected chi connectivity index (χ4v) is 2.49. The third-order valence-corrected chi connectivity index (χ3v) is 3.99. The fraction of sp³-hybridized carbons (Fsp3) is 0.200. The van der Waals surface area contributed by atoms with Crippen molar-refractivity contribution in [2.45, 2.75) is 13.0 Å². The van der Waals surface area contributed by atoms with Gasteiger partial charge in [-0.1, -0.05) is 30.3 Å². The Morgan fingerprint density at radius 1 is 1.00 bits per heavy atom. The second kappa shape index (κ2) is 9.97. The van der Waals surface area contributed by atoms with Crippen LogP contribution in [0.5, 0.6) is 0 Å². The van der Waals surface area contributed by atoms with Gasteiger partial charge in [0.05, 0.1) is 19.3 Å². The Morgan fingerprint density at radius 3 is 2.03 bits per heavy atom. The molecule has 0 aromatic heterocycles. The monoisotopic (exact) mass is 429 g/mol. The average molecular weight is 429 g/mol. The lowest BCUT2D eigenvalue weighted by Gasteiger charge is -2.16. The number of rotatable bonds is 8. The first kappa shape index (κ1) is 23.0. The van der Waals surface area contributed by atoms with Gasteiger partial charge in [0.1, 0.15) is 11.1 Å². The number of ether oxygens (including phenoxy) is 1. The normalized spacial score (nSPS) is 12.4. The third kappa shape index (κ3) is 4.65. The van der Waals surface area contributed by atoms with Crippen LogP contribution >= 0.6 is 0 Å². The maximum absolute atomic E-state index is 14.0. The summed E-state index contributed by atoms with van der Waals surface area (Å²) in [5.41, 5.74) is -2.29. The summed E-state index contributed by atoms with van der Waals surface area (Å²) in [4.78, 5) is 24.7. The number of ketones is 1. The molecule has 0 aliphatic rings. The molecule has 0 bridgehead atoms. The molecule has 2 aromatic carbocycles. The molecule has 5 nitrogen and oxygen atoms in total. The summed E-state index contributed by atoms with van der Waals surface area (Å²) >= 11 is 0. The lowest BCUT2D eigenvalue weighted by atomic mass is 10.0. The van der Waals surface area contributed by atoms with E-state index < -0.39 is 64.6 Å². The number of esters is 1. The molecule has 1 atom stereocenters. The van der Waals surface area contributed by atoms with Crippen LogP contribution in [0.1, 0.15) is 28.9 Å². The average Bonchev–Trinajstić information content (AvgIpc) is 2.74. The van der Waals surface area contributed by atoms with Crippen molar-refractivity contribution in [2.75, 3.05) is 13.2 Å². The van der Waals surface area contributed by atoms with Crippen LogP contribution in [0.4, 0.5) is 22.0 Å². The van der Waals surface area contributed by atoms with Crippen LogP contribution in [-0.2, 0) is 9.53 Å². The number of aliphatic hydroxyl groups excluding tert-OH is 1. The zero-order valence-electron chi connectivity index (χ0n) is 15.5. The van der Waals surface area contributed by atoms with Gasteiger partial charge in [-0.2, -0.15) is 0 Å². The van der Waals surface area contributed by atoms with Crippen molar-refractivity contribution in [2.24, 2.45) is 0 Å². The number of Topliss-reactive ketones (excluding diaryl/α,β-unsaturated/α-hetero) is 1. The minimum absolute atomic E-state index is 0.233. The van der Waals surface area contributed by atoms with E-state index >= 15 is 0 Å². The molecule has 0 aliphatic heterocycles. The van der Waals surface area contributed by atoms with Crippen LogP contribution in [0.15, 0.2) is 42.1 Å². The Labute approximate surface area is 167 Å². The Morgan fingerprint density at radius 2 is 1.53 bits per heavy atom. The second-order valence-corrected chi connectivity index (χ2v) is 5.87. The van der Waals surface area contributed by atoms with Gasteiger partial charge in [0.15, 0.2) is 23.3 Å². The zero-order valence-corrected chi connectivity index (χ0v) is 15.5. The van der Waals surface area contributed by atoms with E-state index in [1.165, 1.54) is 6.92 Å². The minimum atomic E-state index is -2.44. The number of halogens is 5. The second-order valence-electron chi connectivity index (χ2n) is 5.87. The number of hydrogen-bond donors (Lipinski definition) is 2. The van der Waals surface area contributed by atoms with Crippen LogP contribution in [0.2, 0.25) is 0 Å². The summed E-state index contributed by atoms with van der Waals surface area (Å²) in [5, 5.41) is 12.0. The molecule has 2 N–H and O–H groups in total. The summed E-state index contributed by atoms with van der Waals surface area (Å²) in [5.74, 6) is -15.0. The van der Waals surface area contributed by atoms with Crippen molar-refractivity contribution in [3.8, 4) is 0 Å². The van der Waals surface area contributed by atoms with Gasteiger partial charge in [0.2, 0.25) is 11.6 Å². The number of carbonyl (C=O) groups is 2. The molecule has 0 spiro atoms. The molecule has 0 amide bonds. The molecule has 30 heavy (non-hydrogen) atoms. The predicted octanol–water partition coefficient (Wildman–Crippen LogP) is 3.34. The molecule has 2 aromatic rings. The third-order valence-electron chi connectivity index (χ3n) is 3.99. The highest BCUT2D eigenvalue weighted by Gasteiger charge is 2.33. The molecule has 0 saturated heterocycles. The summed E-state index contributed by atoms with van der Waals surface area (Å²) in [6.07, 6.45) is 0.701. The Kier molecular flexibility index (Phi) is 7.65. The molecular formula is C20H16F5NO4. The predicted molar refractivity (Wildman–Crippen MR) is 94.7 cm³/mol. The van der Waals surface area contributed by atoms with Crippen molar-refractivity contribution in [3.05, 3.63) is 82.3 Å². The Hall–Kier alpha value is -3.27. The van der Waals surface area contributed by atoms with E-state index in [-0.39, 0.29) is 6.61 Å². The molecule has 0 radical (unpaired) electrons. The first-order valence-electron chi connectivity index (χ1n) is 8.59. The van der Waals surface area contributed by atoms with Crippen molar-refractivity contribution in [1.29, 1.82) is 0 Å². The number of carbonyl (C=O) groups excluding carboxylic acids is 2. The van der Waals surface area contributed by atoms with Crippen molar-refractivity contribution in [3.63, 3.8) is 0 Å². The van der Waals surface area contributed by atoms with Gasteiger partial charge in [0, 0.05) is 6.20 Å². The van der Waals surface area contributed by atoms with Gasteiger partial charge in [-0.25, -0.2) is 26.7 Å². The van der Waals surface area contributed by atoms with Gasteiger partial charge in [0.25, 0.3) is 0 Å². The lowest BCUT2D eigenvalue weighted by molar-refractivity contribution is -0.138. The molecule has 1 unspecified atom stereocenters. The van der Waals surface area contributed by atoms with Crippen LogP contribution in [-0.4, -0.2) is 30.1 Å². The lowest BCUT2D eigenvalue weighted by Crippen LogP contribution is -2.25. The van der Waals surface area contributed by atoms with Gasteiger partial charge in [-0.3, -0.25) is 4.79 Å². The summed E-state index contributed by atoms with van der Waals surface area (Å²) in [7, 11) is 0. The van der Waals surface area contributed by atoms with E-state index in [1.807, 2.05) is 0 Å². The molecule has 160 valence electrons. The van der Waals surface area contributed by atoms with Gasteiger partial charge in [-0.15, -0.1) is 0 Å². The van der Waals surface area contributed by atoms with Crippen molar-refractivity contribution < 1.29 is 41.4 Å². The highest BCUT2D eigenvalue weighted by Crippen LogP contribution is 2.25. The Bertz CT molecular complexity index is 950. The number of benzene rings is 2. The molecule has 2 rings (SSSR count). The molecular weight excluding hydrogens is 413 g/mol. The topological polar surface area (TPSA) is 75.6 Å². The summed E-state index contributed by atoms with van der Waals surface area (Å²) in [6, 6.07) is 7.37. The largest absolute Gasteiger partial charge is 0.462 e. The van der Waals surface area contributed by atoms with E-state index in [1.54, 1.807) is 30.3 Å². The Balaban J connectivity index is 2.51. The zero-order chi connectivity index (χ0) is 22.4. The van der Waals surface area contributed by atoms with Crippen molar-refractivity contribution >= 4 is 11.8 Å². The summed E-state index contributed by atoms with van der Waals surface area (Å²) in [6.45, 7) is 0.641. The standard InChI is InChI=1S/C20H16F5NO4/c1-2-30-20(29)11(8-26-12(9-27)10-6-4-3-5-7-10)19(28)13-14(21)16(23)18(25)17(24)15(13)22/h3-8,12,26-27H,2,9H2,1H3. The molecule has 0 saturated carbocycles. The number of hydrogen-bond acceptors (Lipinski definition) is 5. The van der Waals surface area contributed by atoms with Crippen LogP contribution in [0.25, 0.3) is 0 Å². The van der Waals surface area contributed by atoms with E-state index in [4.69, 9.17) is 0 Å². The highest BCUT2D eigenvalue weighted by atomic mass is 19.2. The minimum Gasteiger partial charge on any atom is -0.462 e. The van der Waals surface area contributed by atoms with E-state index in [9.17, 15) is 36.6 Å². The van der Waals surface area contributed by atoms with E-state index in [2.05, 4.69) is 10.1 Å². The number of nitrogens with one attached hydrogen (secondary N) is 1. The van der Waals surface area contributed by atoms with Gasteiger partial charge >= 0.3 is 5.97 Å². The maximum atomic E-state index is 14.0. The first-order chi connectivity index (χ1) is 14.2. The first-order valence-corrected chi connectivity index (χ1v) is 8.59. The van der Waals surface area contributed by atoms with Gasteiger partial charge in [-0.05, 0) is 12.5 Å². The SMILES string of the molecule is CCOC(=O)C(=CNC(CO)c1ccccc1)C(=O)c1c(F)c(F)c(F)c(F)c1F. The van der Waals surface area contributed by atoms with Crippen LogP contribution in [0.3, 0.4) is 0 Å². The molecule has 10 heteroatoms. The molecule has 0 fully saturated rings. The quantitative estimate of drug-likeness (QED) is 0.0984. The van der Waals surface area contributed by atoms with E-state index in [0.717, 1.165) is 0 Å². The van der Waals surface area contributed by atoms with Crippen LogP contribution in [0, 0.1) is 29.1 Å². The highest BCUT2D eigenvalue weighted by molar-refractivity contribution is 6.24. The number of aliphatic hydroxyl groups is 1. The van der Waals surface area contributed by atoms with E-state index in [0.29, 0.717) is 11.8 Å². The maximum Gasteiger partial charge on any atom is 0.343 e. The smallest absolute Gasteiger partial charge is 0.343 e. The summed E-state index contributed by atoms with van der Waals surface area (Å²) < 4.78 is 72.8. The van der Waals surface area contributed by atoms with Crippen LogP contribution < -0.4 is 5.32 Å². The fourth-order valence-electron chi connectivity index (χ4n) is 2.49. The van der Waals surface area contributed by atoms with Gasteiger partial charge < -0.3 is 15.2 Å². The molecule has 0 aliphatic carbocycles. The van der Waals surface area contributed by atoms with Crippen molar-refractivity contribution in [1.82, 2.24) is 5.32 Å². The molecule has 0 heterocycles.